The van der Waals surface area contributed by atoms with E-state index in [-0.39, 0.29) is 5.92 Å². The van der Waals surface area contributed by atoms with Gasteiger partial charge in [0.15, 0.2) is 0 Å². The Balaban J connectivity index is 1.48. The molecule has 0 spiro atoms. The zero-order chi connectivity index (χ0) is 19.7. The maximum atomic E-state index is 4.23. The van der Waals surface area contributed by atoms with Crippen molar-refractivity contribution in [3.63, 3.8) is 0 Å². The Hall–Kier alpha value is -1.73. The van der Waals surface area contributed by atoms with Gasteiger partial charge >= 0.3 is 0 Å². The predicted molar refractivity (Wildman–Crippen MR) is 127 cm³/mol. The van der Waals surface area contributed by atoms with Crippen LogP contribution in [-0.2, 0) is 12.8 Å². The number of thioether (sulfide) groups is 1. The van der Waals surface area contributed by atoms with Crippen molar-refractivity contribution >= 4 is 33.2 Å². The van der Waals surface area contributed by atoms with Gasteiger partial charge in [-0.1, -0.05) is 43.0 Å². The van der Waals surface area contributed by atoms with E-state index in [1.807, 2.05) is 11.3 Å². The van der Waals surface area contributed by atoms with Gasteiger partial charge in [0.1, 0.15) is 0 Å². The second kappa shape index (κ2) is 8.33. The highest BCUT2D eigenvalue weighted by Crippen LogP contribution is 2.43. The van der Waals surface area contributed by atoms with Gasteiger partial charge in [0.2, 0.25) is 0 Å². The molecule has 0 radical (unpaired) electrons. The summed E-state index contributed by atoms with van der Waals surface area (Å²) >= 11 is 3.75. The van der Waals surface area contributed by atoms with E-state index in [2.05, 4.69) is 68.5 Å². The van der Waals surface area contributed by atoms with E-state index in [1.165, 1.54) is 57.4 Å². The summed E-state index contributed by atoms with van der Waals surface area (Å²) in [6.45, 7) is 12.7. The van der Waals surface area contributed by atoms with Crippen LogP contribution in [0.5, 0.6) is 0 Å². The molecule has 1 aliphatic carbocycles. The lowest BCUT2D eigenvalue weighted by Gasteiger charge is -2.24. The first kappa shape index (κ1) is 19.6. The van der Waals surface area contributed by atoms with E-state index in [1.54, 1.807) is 22.2 Å². The van der Waals surface area contributed by atoms with Crippen molar-refractivity contribution in [2.24, 2.45) is 11.8 Å². The lowest BCUT2D eigenvalue weighted by molar-refractivity contribution is 0.432. The number of allylic oxidation sites excluding steroid dienone is 5. The summed E-state index contributed by atoms with van der Waals surface area (Å²) in [7, 11) is 0. The Morgan fingerprint density at radius 3 is 2.79 bits per heavy atom. The van der Waals surface area contributed by atoms with E-state index >= 15 is 0 Å². The number of hydrogen-bond donors (Lipinski definition) is 0. The molecule has 0 saturated carbocycles. The van der Waals surface area contributed by atoms with Crippen LogP contribution in [0.3, 0.4) is 0 Å². The lowest BCUT2D eigenvalue weighted by atomic mass is 9.81. The standard InChI is InChI=1S/C26H28S2/c1-5-20(22-14-15-27-18(22)4)21(17(2)3)12-10-19-11-13-24-23-8-6-7-9-25(23)28-26(24)16-19/h6-9,14-15,19,22H,1,4,10-13,16H2,2-3H3. The molecule has 28 heavy (non-hydrogen) atoms. The highest BCUT2D eigenvalue weighted by molar-refractivity contribution is 8.06. The summed E-state index contributed by atoms with van der Waals surface area (Å²) in [5, 5.41) is 3.64. The van der Waals surface area contributed by atoms with Gasteiger partial charge < -0.3 is 0 Å². The lowest BCUT2D eigenvalue weighted by Crippen LogP contribution is -2.13. The fourth-order valence-electron chi connectivity index (χ4n) is 4.60. The topological polar surface area (TPSA) is 0 Å². The molecule has 0 N–H and O–H groups in total. The fourth-order valence-corrected chi connectivity index (χ4v) is 6.72. The molecule has 2 atom stereocenters. The summed E-state index contributed by atoms with van der Waals surface area (Å²) < 4.78 is 1.46. The molecule has 2 aromatic rings. The molecule has 0 bridgehead atoms. The average Bonchev–Trinajstić information content (AvgIpc) is 3.27. The summed E-state index contributed by atoms with van der Waals surface area (Å²) in [6.07, 6.45) is 8.39. The molecule has 1 aromatic carbocycles. The van der Waals surface area contributed by atoms with Crippen LogP contribution in [0.1, 0.15) is 43.6 Å². The smallest absolute Gasteiger partial charge is 0.0410 e. The van der Waals surface area contributed by atoms with Gasteiger partial charge in [-0.05, 0) is 84.8 Å². The average molecular weight is 405 g/mol. The van der Waals surface area contributed by atoms with Crippen LogP contribution in [0, 0.1) is 11.8 Å². The second-order valence-corrected chi connectivity index (χ2v) is 10.3. The van der Waals surface area contributed by atoms with Crippen molar-refractivity contribution in [2.45, 2.75) is 46.0 Å². The van der Waals surface area contributed by atoms with Crippen LogP contribution >= 0.6 is 23.1 Å². The van der Waals surface area contributed by atoms with Crippen molar-refractivity contribution in [1.29, 1.82) is 0 Å². The Labute approximate surface area is 177 Å². The van der Waals surface area contributed by atoms with Crippen molar-refractivity contribution in [1.82, 2.24) is 0 Å². The summed E-state index contributed by atoms with van der Waals surface area (Å²) in [4.78, 5) is 2.82. The predicted octanol–water partition coefficient (Wildman–Crippen LogP) is 8.22. The maximum absolute atomic E-state index is 4.23. The van der Waals surface area contributed by atoms with Gasteiger partial charge in [0.05, 0.1) is 0 Å². The minimum absolute atomic E-state index is 0.271. The molecular formula is C26H28S2. The largest absolute Gasteiger partial charge is 0.140 e. The van der Waals surface area contributed by atoms with Gasteiger partial charge in [-0.15, -0.1) is 28.8 Å². The molecule has 0 saturated heterocycles. The molecule has 0 nitrogen and oxygen atoms in total. The van der Waals surface area contributed by atoms with E-state index in [9.17, 15) is 0 Å². The highest BCUT2D eigenvalue weighted by Gasteiger charge is 2.25. The summed E-state index contributed by atoms with van der Waals surface area (Å²) in [6, 6.07) is 8.91. The fraction of sp³-hybridized carbons (Fsp3) is 0.346. The monoisotopic (exact) mass is 404 g/mol. The first-order valence-electron chi connectivity index (χ1n) is 10.2. The van der Waals surface area contributed by atoms with E-state index < -0.39 is 0 Å². The molecule has 2 heterocycles. The molecule has 0 amide bonds. The molecule has 0 fully saturated rings. The first-order valence-corrected chi connectivity index (χ1v) is 11.9. The number of hydrogen-bond acceptors (Lipinski definition) is 2. The zero-order valence-electron chi connectivity index (χ0n) is 16.9. The maximum Gasteiger partial charge on any atom is 0.0410 e. The summed E-state index contributed by atoms with van der Waals surface area (Å²) in [5.41, 5.74) is 8.96. The molecular weight excluding hydrogens is 376 g/mol. The van der Waals surface area contributed by atoms with Crippen molar-refractivity contribution in [3.05, 3.63) is 86.7 Å². The molecule has 1 aromatic heterocycles. The third kappa shape index (κ3) is 3.74. The van der Waals surface area contributed by atoms with E-state index in [0.717, 1.165) is 12.3 Å². The van der Waals surface area contributed by atoms with E-state index in [0.29, 0.717) is 0 Å². The number of benzene rings is 1. The van der Waals surface area contributed by atoms with Gasteiger partial charge in [-0.2, -0.15) is 0 Å². The minimum Gasteiger partial charge on any atom is -0.140 e. The molecule has 2 heteroatoms. The molecule has 4 rings (SSSR count). The third-order valence-electron chi connectivity index (χ3n) is 6.13. The Bertz CT molecular complexity index is 1020. The van der Waals surface area contributed by atoms with Crippen LogP contribution in [0.2, 0.25) is 0 Å². The highest BCUT2D eigenvalue weighted by atomic mass is 32.2. The quantitative estimate of drug-likeness (QED) is 0.357. The molecule has 1 aliphatic heterocycles. The van der Waals surface area contributed by atoms with Gasteiger partial charge in [0, 0.05) is 21.1 Å². The van der Waals surface area contributed by atoms with Crippen LogP contribution < -0.4 is 0 Å². The van der Waals surface area contributed by atoms with Crippen molar-refractivity contribution < 1.29 is 0 Å². The van der Waals surface area contributed by atoms with Gasteiger partial charge in [-0.3, -0.25) is 0 Å². The Kier molecular flexibility index (Phi) is 5.83. The van der Waals surface area contributed by atoms with Crippen LogP contribution in [0.15, 0.2) is 76.3 Å². The Morgan fingerprint density at radius 2 is 2.07 bits per heavy atom. The SMILES string of the molecule is C=C=C(C(CCC1CCc2c(sc3ccccc23)C1)=C(C)C)C1C=CSC1=C. The van der Waals surface area contributed by atoms with Gasteiger partial charge in [-0.25, -0.2) is 0 Å². The Morgan fingerprint density at radius 1 is 1.25 bits per heavy atom. The minimum atomic E-state index is 0.271. The van der Waals surface area contributed by atoms with Crippen LogP contribution in [-0.4, -0.2) is 0 Å². The van der Waals surface area contributed by atoms with Crippen molar-refractivity contribution in [2.75, 3.05) is 0 Å². The van der Waals surface area contributed by atoms with Gasteiger partial charge in [0.25, 0.3) is 0 Å². The van der Waals surface area contributed by atoms with Crippen molar-refractivity contribution in [3.8, 4) is 0 Å². The number of thiophene rings is 1. The first-order chi connectivity index (χ1) is 13.6. The third-order valence-corrected chi connectivity index (χ3v) is 8.21. The van der Waals surface area contributed by atoms with Crippen LogP contribution in [0.4, 0.5) is 0 Å². The number of rotatable bonds is 5. The van der Waals surface area contributed by atoms with E-state index in [4.69, 9.17) is 0 Å². The van der Waals surface area contributed by atoms with Crippen LogP contribution in [0.25, 0.3) is 10.1 Å². The zero-order valence-corrected chi connectivity index (χ0v) is 18.5. The molecule has 144 valence electrons. The summed E-state index contributed by atoms with van der Waals surface area (Å²) in [5.74, 6) is 1.05. The molecule has 2 unspecified atom stereocenters. The number of aryl methyl sites for hydroxylation is 1. The normalized spacial score (nSPS) is 20.9. The second-order valence-electron chi connectivity index (χ2n) is 8.11. The number of fused-ring (bicyclic) bond motifs is 3. The molecule has 2 aliphatic rings.